The maximum atomic E-state index is 12.4. The molecule has 3 heterocycles. The van der Waals surface area contributed by atoms with Crippen LogP contribution in [-0.2, 0) is 17.9 Å². The van der Waals surface area contributed by atoms with Crippen LogP contribution < -0.4 is 21.5 Å². The molecule has 1 aliphatic rings. The number of fused-ring (bicyclic) bond motifs is 1. The zero-order valence-corrected chi connectivity index (χ0v) is 16.2. The third-order valence-corrected chi connectivity index (χ3v) is 5.35. The Hall–Kier alpha value is -3.20. The first-order valence-corrected chi connectivity index (χ1v) is 9.85. The number of hydrogen-bond acceptors (Lipinski definition) is 6. The van der Waals surface area contributed by atoms with E-state index in [1.807, 2.05) is 24.3 Å². The maximum absolute atomic E-state index is 12.4. The number of amides is 1. The highest BCUT2D eigenvalue weighted by Crippen LogP contribution is 2.20. The average Bonchev–Trinajstić information content (AvgIpc) is 3.17. The Morgan fingerprint density at radius 2 is 2.07 bits per heavy atom. The highest BCUT2D eigenvalue weighted by atomic mass is 16.2. The van der Waals surface area contributed by atoms with Gasteiger partial charge in [-0.25, -0.2) is 9.67 Å². The van der Waals surface area contributed by atoms with Crippen molar-refractivity contribution >= 4 is 22.6 Å². The van der Waals surface area contributed by atoms with Gasteiger partial charge in [0.15, 0.2) is 0 Å². The monoisotopic (exact) mass is 395 g/mol. The van der Waals surface area contributed by atoms with Crippen LogP contribution in [0.3, 0.4) is 0 Å². The second kappa shape index (κ2) is 8.44. The summed E-state index contributed by atoms with van der Waals surface area (Å²) in [6, 6.07) is 9.21. The van der Waals surface area contributed by atoms with Crippen molar-refractivity contribution in [3.05, 3.63) is 52.7 Å². The molecular formula is C20H25N7O2. The number of carbonyl (C=O) groups excluding carboxylic acids is 1. The molecule has 0 unspecified atom stereocenters. The van der Waals surface area contributed by atoms with Gasteiger partial charge in [-0.1, -0.05) is 12.1 Å². The van der Waals surface area contributed by atoms with Gasteiger partial charge in [0.1, 0.15) is 12.4 Å². The average molecular weight is 395 g/mol. The van der Waals surface area contributed by atoms with E-state index in [4.69, 9.17) is 5.73 Å². The number of rotatable bonds is 6. The number of nitrogens with one attached hydrogen (secondary N) is 2. The van der Waals surface area contributed by atoms with Gasteiger partial charge in [0.05, 0.1) is 29.5 Å². The van der Waals surface area contributed by atoms with E-state index in [0.717, 1.165) is 42.7 Å². The van der Waals surface area contributed by atoms with E-state index < -0.39 is 0 Å². The fourth-order valence-electron chi connectivity index (χ4n) is 3.61. The fourth-order valence-corrected chi connectivity index (χ4v) is 3.61. The lowest BCUT2D eigenvalue weighted by Crippen LogP contribution is -2.38. The van der Waals surface area contributed by atoms with Crippen molar-refractivity contribution in [2.24, 2.45) is 11.7 Å². The Balaban J connectivity index is 1.34. The van der Waals surface area contributed by atoms with Gasteiger partial charge in [-0.3, -0.25) is 9.59 Å². The molecule has 1 aliphatic heterocycles. The SMILES string of the molecule is NCC1CCN(c2cnn(CC(=O)NCc3nc4ccccc4[nH]3)c(=O)c2)CC1. The lowest BCUT2D eigenvalue weighted by Gasteiger charge is -2.32. The third-order valence-electron chi connectivity index (χ3n) is 5.35. The number of hydrogen-bond donors (Lipinski definition) is 3. The Morgan fingerprint density at radius 3 is 2.79 bits per heavy atom. The van der Waals surface area contributed by atoms with Gasteiger partial charge >= 0.3 is 0 Å². The van der Waals surface area contributed by atoms with Crippen LogP contribution in [0.2, 0.25) is 0 Å². The van der Waals surface area contributed by atoms with Crippen molar-refractivity contribution in [2.75, 3.05) is 24.5 Å². The lowest BCUT2D eigenvalue weighted by atomic mass is 9.97. The summed E-state index contributed by atoms with van der Waals surface area (Å²) in [4.78, 5) is 34.3. The normalized spacial score (nSPS) is 15.0. The molecule has 1 amide bonds. The molecule has 1 aromatic carbocycles. The standard InChI is InChI=1S/C20H25N7O2/c21-10-14-5-7-26(8-6-14)15-9-20(29)27(23-11-15)13-19(28)22-12-18-24-16-3-1-2-4-17(16)25-18/h1-4,9,11,14H,5-8,10,12-13,21H2,(H,22,28)(H,24,25). The van der Waals surface area contributed by atoms with E-state index >= 15 is 0 Å². The van der Waals surface area contributed by atoms with Crippen molar-refractivity contribution in [2.45, 2.75) is 25.9 Å². The van der Waals surface area contributed by atoms with Crippen LogP contribution in [0.25, 0.3) is 11.0 Å². The molecule has 9 nitrogen and oxygen atoms in total. The molecule has 1 saturated heterocycles. The number of aromatic nitrogens is 4. The second-order valence-corrected chi connectivity index (χ2v) is 7.35. The molecule has 4 N–H and O–H groups in total. The first kappa shape index (κ1) is 19.1. The number of piperidine rings is 1. The van der Waals surface area contributed by atoms with Crippen LogP contribution >= 0.6 is 0 Å². The van der Waals surface area contributed by atoms with Gasteiger partial charge in [-0.2, -0.15) is 5.10 Å². The summed E-state index contributed by atoms with van der Waals surface area (Å²) in [6.07, 6.45) is 3.68. The highest BCUT2D eigenvalue weighted by molar-refractivity contribution is 5.76. The first-order valence-electron chi connectivity index (χ1n) is 9.85. The van der Waals surface area contributed by atoms with Gasteiger partial charge in [0, 0.05) is 19.2 Å². The summed E-state index contributed by atoms with van der Waals surface area (Å²) in [6.45, 7) is 2.57. The smallest absolute Gasteiger partial charge is 0.269 e. The number of benzene rings is 1. The zero-order valence-electron chi connectivity index (χ0n) is 16.2. The van der Waals surface area contributed by atoms with Crippen LogP contribution in [0, 0.1) is 5.92 Å². The van der Waals surface area contributed by atoms with Crippen LogP contribution in [-0.4, -0.2) is 45.3 Å². The predicted octanol–water partition coefficient (Wildman–Crippen LogP) is 0.611. The predicted molar refractivity (Wildman–Crippen MR) is 110 cm³/mol. The molecule has 1 fully saturated rings. The molecule has 9 heteroatoms. The van der Waals surface area contributed by atoms with Crippen molar-refractivity contribution in [1.29, 1.82) is 0 Å². The van der Waals surface area contributed by atoms with Crippen LogP contribution in [0.1, 0.15) is 18.7 Å². The van der Waals surface area contributed by atoms with Crippen molar-refractivity contribution < 1.29 is 4.79 Å². The fraction of sp³-hybridized carbons (Fsp3) is 0.400. The Bertz CT molecular complexity index is 1020. The third kappa shape index (κ3) is 4.45. The van der Waals surface area contributed by atoms with E-state index in [2.05, 4.69) is 25.3 Å². The van der Waals surface area contributed by atoms with E-state index in [9.17, 15) is 9.59 Å². The van der Waals surface area contributed by atoms with Crippen LogP contribution in [0.15, 0.2) is 41.3 Å². The number of imidazole rings is 1. The minimum absolute atomic E-state index is 0.130. The van der Waals surface area contributed by atoms with E-state index in [0.29, 0.717) is 18.3 Å². The Labute approximate surface area is 167 Å². The first-order chi connectivity index (χ1) is 14.1. The number of aromatic amines is 1. The number of carbonyl (C=O) groups is 1. The van der Waals surface area contributed by atoms with E-state index in [-0.39, 0.29) is 24.6 Å². The van der Waals surface area contributed by atoms with Gasteiger partial charge in [0.2, 0.25) is 5.91 Å². The van der Waals surface area contributed by atoms with Gasteiger partial charge in [-0.15, -0.1) is 0 Å². The summed E-state index contributed by atoms with van der Waals surface area (Å²) in [5.41, 5.74) is 8.00. The number of nitrogens with two attached hydrogens (primary N) is 1. The molecule has 0 atom stereocenters. The topological polar surface area (TPSA) is 122 Å². The summed E-state index contributed by atoms with van der Waals surface area (Å²) >= 11 is 0. The summed E-state index contributed by atoms with van der Waals surface area (Å²) < 4.78 is 1.17. The molecular weight excluding hydrogens is 370 g/mol. The number of H-pyrrole nitrogens is 1. The lowest BCUT2D eigenvalue weighted by molar-refractivity contribution is -0.122. The minimum atomic E-state index is -0.295. The number of nitrogens with zero attached hydrogens (tertiary/aromatic N) is 4. The van der Waals surface area contributed by atoms with E-state index in [1.54, 1.807) is 12.3 Å². The quantitative estimate of drug-likeness (QED) is 0.562. The summed E-state index contributed by atoms with van der Waals surface area (Å²) in [5.74, 6) is 0.919. The van der Waals surface area contributed by atoms with Crippen LogP contribution in [0.5, 0.6) is 0 Å². The summed E-state index contributed by atoms with van der Waals surface area (Å²) in [5, 5.41) is 6.95. The minimum Gasteiger partial charge on any atom is -0.370 e. The maximum Gasteiger partial charge on any atom is 0.269 e. The summed E-state index contributed by atoms with van der Waals surface area (Å²) in [7, 11) is 0. The van der Waals surface area contributed by atoms with Gasteiger partial charge in [-0.05, 0) is 37.4 Å². The van der Waals surface area contributed by atoms with Crippen molar-refractivity contribution in [3.8, 4) is 0 Å². The van der Waals surface area contributed by atoms with Gasteiger partial charge in [0.25, 0.3) is 5.56 Å². The molecule has 4 rings (SSSR count). The molecule has 0 spiro atoms. The zero-order chi connectivity index (χ0) is 20.2. The largest absolute Gasteiger partial charge is 0.370 e. The number of para-hydroxylation sites is 2. The Kier molecular flexibility index (Phi) is 5.57. The molecule has 0 saturated carbocycles. The van der Waals surface area contributed by atoms with E-state index in [1.165, 1.54) is 4.68 Å². The molecule has 0 radical (unpaired) electrons. The van der Waals surface area contributed by atoms with Crippen molar-refractivity contribution in [3.63, 3.8) is 0 Å². The highest BCUT2D eigenvalue weighted by Gasteiger charge is 2.19. The molecule has 0 aliphatic carbocycles. The Morgan fingerprint density at radius 1 is 1.28 bits per heavy atom. The molecule has 3 aromatic rings. The molecule has 152 valence electrons. The van der Waals surface area contributed by atoms with Gasteiger partial charge < -0.3 is 20.9 Å². The van der Waals surface area contributed by atoms with Crippen LogP contribution in [0.4, 0.5) is 5.69 Å². The van der Waals surface area contributed by atoms with Crippen molar-refractivity contribution in [1.82, 2.24) is 25.1 Å². The molecule has 2 aromatic heterocycles. The second-order valence-electron chi connectivity index (χ2n) is 7.35. The molecule has 29 heavy (non-hydrogen) atoms. The number of anilines is 1. The molecule has 0 bridgehead atoms.